The topological polar surface area (TPSA) is 76.7 Å². The first-order valence-corrected chi connectivity index (χ1v) is 9.56. The number of rotatable bonds is 12. The molecule has 2 N–H and O–H groups in total. The quantitative estimate of drug-likeness (QED) is 0.522. The first kappa shape index (κ1) is 18.8. The van der Waals surface area contributed by atoms with Crippen LogP contribution < -0.4 is 10.0 Å². The smallest absolute Gasteiger partial charge is 0.211 e. The molecule has 7 heteroatoms. The second-order valence-electron chi connectivity index (χ2n) is 5.46. The molecule has 1 saturated heterocycles. The van der Waals surface area contributed by atoms with E-state index in [1.54, 1.807) is 7.11 Å². The molecule has 0 spiro atoms. The third-order valence-electron chi connectivity index (χ3n) is 3.62. The van der Waals surface area contributed by atoms with E-state index < -0.39 is 10.0 Å². The van der Waals surface area contributed by atoms with Crippen LogP contribution in [0.3, 0.4) is 0 Å². The van der Waals surface area contributed by atoms with Gasteiger partial charge in [0.15, 0.2) is 0 Å². The van der Waals surface area contributed by atoms with Crippen molar-refractivity contribution in [2.45, 2.75) is 44.6 Å². The van der Waals surface area contributed by atoms with Crippen molar-refractivity contribution in [2.24, 2.45) is 0 Å². The molecule has 0 aromatic heterocycles. The number of hydrogen-bond donors (Lipinski definition) is 2. The molecule has 0 bridgehead atoms. The van der Waals surface area contributed by atoms with E-state index in [1.807, 2.05) is 0 Å². The van der Waals surface area contributed by atoms with Crippen LogP contribution in [-0.2, 0) is 19.5 Å². The zero-order chi connectivity index (χ0) is 15.4. The molecule has 6 nitrogen and oxygen atoms in total. The summed E-state index contributed by atoms with van der Waals surface area (Å²) in [5, 5.41) is 3.37. The number of nitrogens with one attached hydrogen (secondary N) is 2. The average molecular weight is 322 g/mol. The van der Waals surface area contributed by atoms with E-state index in [4.69, 9.17) is 9.47 Å². The predicted molar refractivity (Wildman–Crippen MR) is 84.0 cm³/mol. The maximum Gasteiger partial charge on any atom is 0.211 e. The highest BCUT2D eigenvalue weighted by atomic mass is 32.2. The summed E-state index contributed by atoms with van der Waals surface area (Å²) >= 11 is 0. The van der Waals surface area contributed by atoms with Crippen molar-refractivity contribution in [2.75, 3.05) is 45.8 Å². The lowest BCUT2D eigenvalue weighted by Crippen LogP contribution is -2.37. The third-order valence-corrected chi connectivity index (χ3v) is 5.03. The molecule has 0 aromatic carbocycles. The fraction of sp³-hybridized carbons (Fsp3) is 1.00. The summed E-state index contributed by atoms with van der Waals surface area (Å²) in [5.41, 5.74) is 0. The van der Waals surface area contributed by atoms with Gasteiger partial charge in [0, 0.05) is 26.3 Å². The molecule has 0 aliphatic carbocycles. The van der Waals surface area contributed by atoms with Gasteiger partial charge in [-0.25, -0.2) is 13.1 Å². The summed E-state index contributed by atoms with van der Waals surface area (Å²) in [6, 6.07) is 0.365. The zero-order valence-corrected chi connectivity index (χ0v) is 13.9. The van der Waals surface area contributed by atoms with Crippen molar-refractivity contribution in [3.05, 3.63) is 0 Å². The molecule has 1 unspecified atom stereocenters. The van der Waals surface area contributed by atoms with Crippen LogP contribution in [0.1, 0.15) is 38.5 Å². The average Bonchev–Trinajstić information content (AvgIpc) is 2.49. The number of sulfonamides is 1. The normalized spacial score (nSPS) is 19.8. The van der Waals surface area contributed by atoms with E-state index in [1.165, 1.54) is 12.8 Å². The highest BCUT2D eigenvalue weighted by molar-refractivity contribution is 7.89. The van der Waals surface area contributed by atoms with Crippen molar-refractivity contribution in [1.82, 2.24) is 10.0 Å². The van der Waals surface area contributed by atoms with E-state index in [2.05, 4.69) is 10.0 Å². The third kappa shape index (κ3) is 10.2. The lowest BCUT2D eigenvalue weighted by molar-refractivity contribution is 0.0689. The molecule has 1 aliphatic rings. The molecule has 0 saturated carbocycles. The Balaban J connectivity index is 1.99. The summed E-state index contributed by atoms with van der Waals surface area (Å²) in [5.74, 6) is 0.217. The fourth-order valence-corrected chi connectivity index (χ4v) is 3.54. The molecule has 1 fully saturated rings. The molecule has 1 rings (SSSR count). The van der Waals surface area contributed by atoms with Crippen LogP contribution in [0.15, 0.2) is 0 Å². The van der Waals surface area contributed by atoms with Gasteiger partial charge in [-0.2, -0.15) is 0 Å². The molecule has 1 atom stereocenters. The molecular weight excluding hydrogens is 292 g/mol. The maximum atomic E-state index is 11.9. The molecule has 1 aliphatic heterocycles. The number of piperidine rings is 1. The van der Waals surface area contributed by atoms with Crippen LogP contribution in [0.4, 0.5) is 0 Å². The van der Waals surface area contributed by atoms with Gasteiger partial charge in [-0.05, 0) is 38.6 Å². The number of hydrogen-bond acceptors (Lipinski definition) is 5. The number of unbranched alkanes of at least 4 members (excludes halogenated alkanes) is 1. The van der Waals surface area contributed by atoms with E-state index >= 15 is 0 Å². The molecule has 21 heavy (non-hydrogen) atoms. The Morgan fingerprint density at radius 3 is 2.76 bits per heavy atom. The summed E-state index contributed by atoms with van der Waals surface area (Å²) < 4.78 is 36.6. The van der Waals surface area contributed by atoms with Crippen molar-refractivity contribution >= 4 is 10.0 Å². The first-order valence-electron chi connectivity index (χ1n) is 7.91. The fourth-order valence-electron chi connectivity index (χ4n) is 2.34. The Bertz CT molecular complexity index is 343. The van der Waals surface area contributed by atoms with Gasteiger partial charge in [0.05, 0.1) is 19.0 Å². The maximum absolute atomic E-state index is 11.9. The SMILES string of the molecule is COCCOCCCCNS(=O)(=O)CCC1CCCCN1. The van der Waals surface area contributed by atoms with Crippen LogP contribution in [0.25, 0.3) is 0 Å². The van der Waals surface area contributed by atoms with Crippen molar-refractivity contribution in [1.29, 1.82) is 0 Å². The standard InChI is InChI=1S/C14H30N2O4S/c1-19-11-12-20-10-5-4-9-16-21(17,18)13-7-14-6-2-3-8-15-14/h14-16H,2-13H2,1H3. The van der Waals surface area contributed by atoms with E-state index in [0.717, 1.165) is 25.8 Å². The molecule has 126 valence electrons. The van der Waals surface area contributed by atoms with Gasteiger partial charge in [-0.3, -0.25) is 0 Å². The number of ether oxygens (including phenoxy) is 2. The Kier molecular flexibility index (Phi) is 10.2. The largest absolute Gasteiger partial charge is 0.382 e. The second-order valence-corrected chi connectivity index (χ2v) is 7.39. The van der Waals surface area contributed by atoms with E-state index in [9.17, 15) is 8.42 Å². The summed E-state index contributed by atoms with van der Waals surface area (Å²) in [6.07, 6.45) is 5.86. The van der Waals surface area contributed by atoms with Gasteiger partial charge < -0.3 is 14.8 Å². The predicted octanol–water partition coefficient (Wildman–Crippen LogP) is 0.881. The van der Waals surface area contributed by atoms with Gasteiger partial charge in [0.25, 0.3) is 0 Å². The Morgan fingerprint density at radius 1 is 1.19 bits per heavy atom. The molecule has 0 amide bonds. The molecule has 1 heterocycles. The van der Waals surface area contributed by atoms with E-state index in [0.29, 0.717) is 38.8 Å². The molecule has 0 aromatic rings. The van der Waals surface area contributed by atoms with Crippen molar-refractivity contribution in [3.8, 4) is 0 Å². The van der Waals surface area contributed by atoms with Crippen molar-refractivity contribution < 1.29 is 17.9 Å². The van der Waals surface area contributed by atoms with Gasteiger partial charge in [0.2, 0.25) is 10.0 Å². The Morgan fingerprint density at radius 2 is 2.05 bits per heavy atom. The van der Waals surface area contributed by atoms with E-state index in [-0.39, 0.29) is 5.75 Å². The highest BCUT2D eigenvalue weighted by Crippen LogP contribution is 2.10. The first-order chi connectivity index (χ1) is 10.1. The van der Waals surface area contributed by atoms with Gasteiger partial charge >= 0.3 is 0 Å². The zero-order valence-electron chi connectivity index (χ0n) is 13.1. The Labute approximate surface area is 129 Å². The monoisotopic (exact) mass is 322 g/mol. The van der Waals surface area contributed by atoms with Gasteiger partial charge in [-0.15, -0.1) is 0 Å². The molecular formula is C14H30N2O4S. The summed E-state index contributed by atoms with van der Waals surface area (Å²) in [7, 11) is -1.49. The van der Waals surface area contributed by atoms with Crippen LogP contribution in [0.2, 0.25) is 0 Å². The number of methoxy groups -OCH3 is 1. The van der Waals surface area contributed by atoms with Crippen molar-refractivity contribution in [3.63, 3.8) is 0 Å². The van der Waals surface area contributed by atoms with Gasteiger partial charge in [0.1, 0.15) is 0 Å². The highest BCUT2D eigenvalue weighted by Gasteiger charge is 2.16. The summed E-state index contributed by atoms with van der Waals surface area (Å²) in [6.45, 7) is 3.35. The van der Waals surface area contributed by atoms with Crippen LogP contribution in [0.5, 0.6) is 0 Å². The van der Waals surface area contributed by atoms with Crippen LogP contribution in [0, 0.1) is 0 Å². The lowest BCUT2D eigenvalue weighted by atomic mass is 10.0. The second kappa shape index (κ2) is 11.4. The molecule has 0 radical (unpaired) electrons. The van der Waals surface area contributed by atoms with Gasteiger partial charge in [-0.1, -0.05) is 6.42 Å². The Hall–Kier alpha value is -0.210. The minimum atomic E-state index is -3.13. The van der Waals surface area contributed by atoms with Crippen LogP contribution >= 0.6 is 0 Å². The lowest BCUT2D eigenvalue weighted by Gasteiger charge is -2.23. The minimum absolute atomic E-state index is 0.217. The minimum Gasteiger partial charge on any atom is -0.382 e. The van der Waals surface area contributed by atoms with Crippen LogP contribution in [-0.4, -0.2) is 60.2 Å². The summed E-state index contributed by atoms with van der Waals surface area (Å²) in [4.78, 5) is 0.